The van der Waals surface area contributed by atoms with Crippen LogP contribution in [0.1, 0.15) is 5.56 Å². The highest BCUT2D eigenvalue weighted by atomic mass is 19.1. The molecule has 4 heteroatoms. The van der Waals surface area contributed by atoms with Gasteiger partial charge in [0.2, 0.25) is 0 Å². The fourth-order valence-electron chi connectivity index (χ4n) is 1.34. The molecule has 0 unspecified atom stereocenters. The Morgan fingerprint density at radius 1 is 1.36 bits per heavy atom. The lowest BCUT2D eigenvalue weighted by atomic mass is 10.1. The molecule has 1 aromatic carbocycles. The summed E-state index contributed by atoms with van der Waals surface area (Å²) in [4.78, 5) is 4.11. The number of rotatable bonds is 1. The van der Waals surface area contributed by atoms with Crippen LogP contribution in [0.4, 0.5) is 4.39 Å². The predicted molar refractivity (Wildman–Crippen MR) is 51.1 cm³/mol. The summed E-state index contributed by atoms with van der Waals surface area (Å²) in [5.74, 6) is 0.396. The molecule has 2 rings (SSSR count). The van der Waals surface area contributed by atoms with Crippen molar-refractivity contribution in [1.82, 2.24) is 14.8 Å². The summed E-state index contributed by atoms with van der Waals surface area (Å²) in [5, 5.41) is 4.15. The van der Waals surface area contributed by atoms with Gasteiger partial charge in [-0.1, -0.05) is 0 Å². The molecule has 0 fully saturated rings. The monoisotopic (exact) mass is 191 g/mol. The molecule has 1 aromatic heterocycles. The summed E-state index contributed by atoms with van der Waals surface area (Å²) in [6, 6.07) is 4.59. The zero-order chi connectivity index (χ0) is 10.1. The van der Waals surface area contributed by atoms with Crippen LogP contribution >= 0.6 is 0 Å². The van der Waals surface area contributed by atoms with Gasteiger partial charge in [0.25, 0.3) is 0 Å². The molecular formula is C10H10FN3. The zero-order valence-corrected chi connectivity index (χ0v) is 8.03. The minimum atomic E-state index is -0.234. The summed E-state index contributed by atoms with van der Waals surface area (Å²) in [6.07, 6.45) is 1.62. The highest BCUT2D eigenvalue weighted by Crippen LogP contribution is 2.19. The van der Waals surface area contributed by atoms with Gasteiger partial charge in [0.15, 0.2) is 5.82 Å². The summed E-state index contributed by atoms with van der Waals surface area (Å²) in [7, 11) is 1.80. The molecule has 0 aliphatic heterocycles. The van der Waals surface area contributed by atoms with Crippen molar-refractivity contribution in [1.29, 1.82) is 0 Å². The quantitative estimate of drug-likeness (QED) is 0.689. The molecular weight excluding hydrogens is 181 g/mol. The topological polar surface area (TPSA) is 30.7 Å². The van der Waals surface area contributed by atoms with Crippen molar-refractivity contribution < 1.29 is 4.39 Å². The summed E-state index contributed by atoms with van der Waals surface area (Å²) >= 11 is 0. The van der Waals surface area contributed by atoms with Gasteiger partial charge in [-0.25, -0.2) is 9.37 Å². The van der Waals surface area contributed by atoms with E-state index in [1.54, 1.807) is 24.1 Å². The first-order valence-corrected chi connectivity index (χ1v) is 4.29. The lowest BCUT2D eigenvalue weighted by molar-refractivity contribution is 0.627. The van der Waals surface area contributed by atoms with Crippen molar-refractivity contribution >= 4 is 0 Å². The van der Waals surface area contributed by atoms with Crippen LogP contribution in [0.5, 0.6) is 0 Å². The molecule has 2 aromatic rings. The second kappa shape index (κ2) is 3.21. The van der Waals surface area contributed by atoms with Gasteiger partial charge < -0.3 is 0 Å². The SMILES string of the molecule is Cc1cc(F)ccc1-c1ncn(C)n1. The molecule has 0 N–H and O–H groups in total. The van der Waals surface area contributed by atoms with Gasteiger partial charge in [-0.2, -0.15) is 5.10 Å². The van der Waals surface area contributed by atoms with Gasteiger partial charge in [-0.05, 0) is 30.7 Å². The Morgan fingerprint density at radius 2 is 2.14 bits per heavy atom. The molecule has 0 aliphatic carbocycles. The average Bonchev–Trinajstić information content (AvgIpc) is 2.51. The van der Waals surface area contributed by atoms with E-state index < -0.39 is 0 Å². The Balaban J connectivity index is 2.52. The smallest absolute Gasteiger partial charge is 0.181 e. The van der Waals surface area contributed by atoms with Crippen LogP contribution in [0.3, 0.4) is 0 Å². The number of hydrogen-bond donors (Lipinski definition) is 0. The van der Waals surface area contributed by atoms with E-state index in [-0.39, 0.29) is 5.82 Å². The second-order valence-electron chi connectivity index (χ2n) is 3.20. The number of hydrogen-bond acceptors (Lipinski definition) is 2. The van der Waals surface area contributed by atoms with E-state index in [0.29, 0.717) is 5.82 Å². The first-order valence-electron chi connectivity index (χ1n) is 4.29. The van der Waals surface area contributed by atoms with Crippen molar-refractivity contribution in [3.05, 3.63) is 35.9 Å². The van der Waals surface area contributed by atoms with Crippen molar-refractivity contribution in [2.45, 2.75) is 6.92 Å². The van der Waals surface area contributed by atoms with Gasteiger partial charge in [0, 0.05) is 12.6 Å². The number of benzene rings is 1. The zero-order valence-electron chi connectivity index (χ0n) is 8.03. The lowest BCUT2D eigenvalue weighted by Crippen LogP contribution is -1.90. The van der Waals surface area contributed by atoms with Gasteiger partial charge in [-0.15, -0.1) is 0 Å². The number of aryl methyl sites for hydroxylation is 2. The second-order valence-corrected chi connectivity index (χ2v) is 3.20. The maximum Gasteiger partial charge on any atom is 0.181 e. The molecule has 0 atom stereocenters. The third-order valence-electron chi connectivity index (χ3n) is 2.03. The third-order valence-corrected chi connectivity index (χ3v) is 2.03. The molecule has 14 heavy (non-hydrogen) atoms. The third kappa shape index (κ3) is 1.51. The molecule has 0 saturated heterocycles. The average molecular weight is 191 g/mol. The van der Waals surface area contributed by atoms with Crippen LogP contribution < -0.4 is 0 Å². The minimum absolute atomic E-state index is 0.234. The van der Waals surface area contributed by atoms with Gasteiger partial charge in [-0.3, -0.25) is 4.68 Å². The molecule has 3 nitrogen and oxygen atoms in total. The highest BCUT2D eigenvalue weighted by molar-refractivity contribution is 5.59. The number of nitrogens with zero attached hydrogens (tertiary/aromatic N) is 3. The van der Waals surface area contributed by atoms with Gasteiger partial charge in [0.05, 0.1) is 0 Å². The van der Waals surface area contributed by atoms with E-state index >= 15 is 0 Å². The fraction of sp³-hybridized carbons (Fsp3) is 0.200. The van der Waals surface area contributed by atoms with Gasteiger partial charge >= 0.3 is 0 Å². The number of aromatic nitrogens is 3. The van der Waals surface area contributed by atoms with Crippen LogP contribution in [-0.4, -0.2) is 14.8 Å². The Kier molecular flexibility index (Phi) is 2.04. The molecule has 0 aliphatic rings. The molecule has 0 spiro atoms. The largest absolute Gasteiger partial charge is 0.255 e. The lowest BCUT2D eigenvalue weighted by Gasteiger charge is -2.00. The van der Waals surface area contributed by atoms with E-state index in [9.17, 15) is 4.39 Å². The highest BCUT2D eigenvalue weighted by Gasteiger charge is 2.06. The Labute approximate surface area is 81.2 Å². The van der Waals surface area contributed by atoms with Crippen molar-refractivity contribution in [3.63, 3.8) is 0 Å². The van der Waals surface area contributed by atoms with E-state index in [2.05, 4.69) is 10.1 Å². The Bertz CT molecular complexity index is 462. The maximum atomic E-state index is 12.8. The van der Waals surface area contributed by atoms with E-state index in [1.165, 1.54) is 12.1 Å². The Morgan fingerprint density at radius 3 is 2.71 bits per heavy atom. The normalized spacial score (nSPS) is 10.5. The van der Waals surface area contributed by atoms with E-state index in [0.717, 1.165) is 11.1 Å². The van der Waals surface area contributed by atoms with Crippen LogP contribution in [0.15, 0.2) is 24.5 Å². The molecule has 0 saturated carbocycles. The molecule has 72 valence electrons. The predicted octanol–water partition coefficient (Wildman–Crippen LogP) is 1.93. The van der Waals surface area contributed by atoms with Crippen LogP contribution in [-0.2, 0) is 7.05 Å². The molecule has 0 radical (unpaired) electrons. The van der Waals surface area contributed by atoms with Crippen molar-refractivity contribution in [2.24, 2.45) is 7.05 Å². The van der Waals surface area contributed by atoms with E-state index in [1.807, 2.05) is 6.92 Å². The first kappa shape index (κ1) is 8.87. The summed E-state index contributed by atoms with van der Waals surface area (Å²) in [6.45, 7) is 1.84. The summed E-state index contributed by atoms with van der Waals surface area (Å²) < 4.78 is 14.4. The number of halogens is 1. The fourth-order valence-corrected chi connectivity index (χ4v) is 1.34. The van der Waals surface area contributed by atoms with E-state index in [4.69, 9.17) is 0 Å². The van der Waals surface area contributed by atoms with Crippen molar-refractivity contribution in [3.8, 4) is 11.4 Å². The standard InChI is InChI=1S/C10H10FN3/c1-7-5-8(11)3-4-9(7)10-12-6-14(2)13-10/h3-6H,1-2H3. The first-order chi connectivity index (χ1) is 6.66. The molecule has 0 amide bonds. The van der Waals surface area contributed by atoms with Crippen LogP contribution in [0.2, 0.25) is 0 Å². The maximum absolute atomic E-state index is 12.8. The molecule has 1 heterocycles. The van der Waals surface area contributed by atoms with Crippen molar-refractivity contribution in [2.75, 3.05) is 0 Å². The van der Waals surface area contributed by atoms with Crippen LogP contribution in [0, 0.1) is 12.7 Å². The summed E-state index contributed by atoms with van der Waals surface area (Å²) in [5.41, 5.74) is 1.71. The van der Waals surface area contributed by atoms with Gasteiger partial charge in [0.1, 0.15) is 12.1 Å². The minimum Gasteiger partial charge on any atom is -0.255 e. The Hall–Kier alpha value is -1.71. The molecule has 0 bridgehead atoms. The van der Waals surface area contributed by atoms with Crippen LogP contribution in [0.25, 0.3) is 11.4 Å².